The minimum Gasteiger partial charge on any atom is -0.493 e. The Kier molecular flexibility index (Phi) is 3.73. The summed E-state index contributed by atoms with van der Waals surface area (Å²) < 4.78 is 6.76. The van der Waals surface area contributed by atoms with Crippen LogP contribution in [0.3, 0.4) is 0 Å². The summed E-state index contributed by atoms with van der Waals surface area (Å²) in [5, 5.41) is 9.40. The smallest absolute Gasteiger partial charge is 0.321 e. The quantitative estimate of drug-likeness (QED) is 0.919. The third-order valence-corrected chi connectivity index (χ3v) is 4.71. The highest BCUT2D eigenvalue weighted by Gasteiger charge is 2.37. The Labute approximate surface area is 126 Å². The van der Waals surface area contributed by atoms with E-state index in [1.165, 1.54) is 5.56 Å². The molecule has 5 heteroatoms. The first kappa shape index (κ1) is 13.9. The molecule has 2 heterocycles. The topological polar surface area (TPSA) is 49.8 Å². The van der Waals surface area contributed by atoms with Gasteiger partial charge in [0.2, 0.25) is 0 Å². The summed E-state index contributed by atoms with van der Waals surface area (Å²) in [6, 6.07) is 3.75. The van der Waals surface area contributed by atoms with Crippen molar-refractivity contribution in [3.8, 4) is 5.75 Å². The number of aliphatic carboxylic acids is 1. The van der Waals surface area contributed by atoms with E-state index in [1.807, 2.05) is 13.0 Å². The van der Waals surface area contributed by atoms with Gasteiger partial charge in [0.15, 0.2) is 0 Å². The first-order valence-corrected chi connectivity index (χ1v) is 7.76. The lowest BCUT2D eigenvalue weighted by Gasteiger charge is -2.24. The molecule has 0 aliphatic carbocycles. The molecule has 20 heavy (non-hydrogen) atoms. The molecule has 1 aromatic carbocycles. The van der Waals surface area contributed by atoms with Crippen molar-refractivity contribution in [1.82, 2.24) is 4.90 Å². The number of fused-ring (bicyclic) bond motifs is 1. The van der Waals surface area contributed by atoms with Crippen LogP contribution in [0.5, 0.6) is 5.75 Å². The van der Waals surface area contributed by atoms with Gasteiger partial charge in [-0.1, -0.05) is 22.9 Å². The number of hydrogen-bond donors (Lipinski definition) is 1. The van der Waals surface area contributed by atoms with Gasteiger partial charge >= 0.3 is 5.97 Å². The molecule has 0 saturated carbocycles. The van der Waals surface area contributed by atoms with Crippen molar-refractivity contribution in [2.75, 3.05) is 13.2 Å². The van der Waals surface area contributed by atoms with E-state index < -0.39 is 5.97 Å². The molecule has 4 nitrogen and oxygen atoms in total. The molecule has 0 bridgehead atoms. The predicted octanol–water partition coefficient (Wildman–Crippen LogP) is 2.68. The minimum atomic E-state index is -0.720. The van der Waals surface area contributed by atoms with Crippen molar-refractivity contribution in [2.45, 2.75) is 32.4 Å². The van der Waals surface area contributed by atoms with Gasteiger partial charge in [0.25, 0.3) is 0 Å². The number of halogens is 1. The summed E-state index contributed by atoms with van der Waals surface area (Å²) in [7, 11) is 0. The SMILES string of the molecule is CC1CCN(Cc2cc(Br)cc3c2OCC3)C1C(=O)O. The number of ether oxygens (including phenoxy) is 1. The predicted molar refractivity (Wildman–Crippen MR) is 79.0 cm³/mol. The average molecular weight is 340 g/mol. The maximum Gasteiger partial charge on any atom is 0.321 e. The Morgan fingerprint density at radius 1 is 1.55 bits per heavy atom. The number of benzene rings is 1. The molecule has 108 valence electrons. The third kappa shape index (κ3) is 2.44. The number of rotatable bonds is 3. The van der Waals surface area contributed by atoms with Crippen molar-refractivity contribution in [2.24, 2.45) is 5.92 Å². The normalized spacial score (nSPS) is 25.5. The maximum atomic E-state index is 11.4. The monoisotopic (exact) mass is 339 g/mol. The molecule has 3 rings (SSSR count). The highest BCUT2D eigenvalue weighted by atomic mass is 79.9. The number of carboxylic acid groups (broad SMARTS) is 1. The van der Waals surface area contributed by atoms with Crippen LogP contribution in [0.1, 0.15) is 24.5 Å². The molecule has 0 amide bonds. The summed E-state index contributed by atoms with van der Waals surface area (Å²) in [5.74, 6) is 0.438. The highest BCUT2D eigenvalue weighted by molar-refractivity contribution is 9.10. The maximum absolute atomic E-state index is 11.4. The third-order valence-electron chi connectivity index (χ3n) is 4.26. The summed E-state index contributed by atoms with van der Waals surface area (Å²) in [5.41, 5.74) is 2.31. The van der Waals surface area contributed by atoms with E-state index in [1.54, 1.807) is 0 Å². The van der Waals surface area contributed by atoms with E-state index in [0.717, 1.165) is 41.8 Å². The second-order valence-electron chi connectivity index (χ2n) is 5.67. The van der Waals surface area contributed by atoms with E-state index in [4.69, 9.17) is 4.74 Å². The summed E-state index contributed by atoms with van der Waals surface area (Å²) in [4.78, 5) is 13.5. The van der Waals surface area contributed by atoms with Crippen LogP contribution in [0.25, 0.3) is 0 Å². The number of nitrogens with zero attached hydrogens (tertiary/aromatic N) is 1. The van der Waals surface area contributed by atoms with Crippen LogP contribution in [0.4, 0.5) is 0 Å². The van der Waals surface area contributed by atoms with Crippen LogP contribution < -0.4 is 4.74 Å². The minimum absolute atomic E-state index is 0.202. The lowest BCUT2D eigenvalue weighted by Crippen LogP contribution is -2.38. The van der Waals surface area contributed by atoms with Crippen LogP contribution in [0, 0.1) is 5.92 Å². The number of carboxylic acids is 1. The number of carbonyl (C=O) groups is 1. The van der Waals surface area contributed by atoms with Crippen LogP contribution in [-0.4, -0.2) is 35.2 Å². The zero-order valence-corrected chi connectivity index (χ0v) is 13.0. The largest absolute Gasteiger partial charge is 0.493 e. The molecular weight excluding hydrogens is 322 g/mol. The van der Waals surface area contributed by atoms with E-state index in [9.17, 15) is 9.90 Å². The highest BCUT2D eigenvalue weighted by Crippen LogP contribution is 2.35. The summed E-state index contributed by atoms with van der Waals surface area (Å²) in [6.07, 6.45) is 1.87. The molecule has 1 fully saturated rings. The number of hydrogen-bond acceptors (Lipinski definition) is 3. The van der Waals surface area contributed by atoms with Crippen molar-refractivity contribution in [3.63, 3.8) is 0 Å². The van der Waals surface area contributed by atoms with Gasteiger partial charge in [-0.05, 0) is 36.6 Å². The molecule has 1 N–H and O–H groups in total. The lowest BCUT2D eigenvalue weighted by molar-refractivity contribution is -0.143. The van der Waals surface area contributed by atoms with Crippen LogP contribution in [0.15, 0.2) is 16.6 Å². The Hall–Kier alpha value is -1.07. The van der Waals surface area contributed by atoms with Crippen LogP contribution in [-0.2, 0) is 17.8 Å². The van der Waals surface area contributed by atoms with Gasteiger partial charge in [0, 0.05) is 23.0 Å². The van der Waals surface area contributed by atoms with Crippen molar-refractivity contribution in [1.29, 1.82) is 0 Å². The molecule has 0 spiro atoms. The van der Waals surface area contributed by atoms with Crippen LogP contribution in [0.2, 0.25) is 0 Å². The van der Waals surface area contributed by atoms with E-state index in [-0.39, 0.29) is 12.0 Å². The Morgan fingerprint density at radius 2 is 2.35 bits per heavy atom. The molecule has 0 aromatic heterocycles. The van der Waals surface area contributed by atoms with Crippen molar-refractivity contribution >= 4 is 21.9 Å². The molecule has 1 saturated heterocycles. The molecule has 2 aliphatic rings. The van der Waals surface area contributed by atoms with Gasteiger partial charge < -0.3 is 9.84 Å². The molecule has 2 atom stereocenters. The zero-order chi connectivity index (χ0) is 14.3. The summed E-state index contributed by atoms with van der Waals surface area (Å²) >= 11 is 3.53. The first-order chi connectivity index (χ1) is 9.56. The summed E-state index contributed by atoms with van der Waals surface area (Å²) in [6.45, 7) is 4.21. The van der Waals surface area contributed by atoms with E-state index in [2.05, 4.69) is 26.9 Å². The molecule has 0 radical (unpaired) electrons. The fraction of sp³-hybridized carbons (Fsp3) is 0.533. The van der Waals surface area contributed by atoms with Gasteiger partial charge in [-0.25, -0.2) is 0 Å². The van der Waals surface area contributed by atoms with Gasteiger partial charge in [-0.3, -0.25) is 9.69 Å². The fourth-order valence-electron chi connectivity index (χ4n) is 3.29. The number of likely N-dealkylation sites (tertiary alicyclic amines) is 1. The lowest BCUT2D eigenvalue weighted by atomic mass is 10.0. The van der Waals surface area contributed by atoms with Crippen molar-refractivity contribution < 1.29 is 14.6 Å². The van der Waals surface area contributed by atoms with Gasteiger partial charge in [-0.2, -0.15) is 0 Å². The molecular formula is C15H18BrNO3. The Bertz CT molecular complexity index is 546. The van der Waals surface area contributed by atoms with Gasteiger partial charge in [0.1, 0.15) is 11.8 Å². The van der Waals surface area contributed by atoms with Gasteiger partial charge in [0.05, 0.1) is 6.61 Å². The second-order valence-corrected chi connectivity index (χ2v) is 6.59. The first-order valence-electron chi connectivity index (χ1n) is 6.97. The average Bonchev–Trinajstić information content (AvgIpc) is 2.95. The molecule has 2 unspecified atom stereocenters. The van der Waals surface area contributed by atoms with Crippen molar-refractivity contribution in [3.05, 3.63) is 27.7 Å². The Morgan fingerprint density at radius 3 is 3.10 bits per heavy atom. The molecule has 1 aromatic rings. The Balaban J connectivity index is 1.87. The van der Waals surface area contributed by atoms with E-state index in [0.29, 0.717) is 6.54 Å². The van der Waals surface area contributed by atoms with Crippen LogP contribution >= 0.6 is 15.9 Å². The fourth-order valence-corrected chi connectivity index (χ4v) is 3.84. The second kappa shape index (κ2) is 5.37. The van der Waals surface area contributed by atoms with E-state index >= 15 is 0 Å². The molecule has 2 aliphatic heterocycles. The zero-order valence-electron chi connectivity index (χ0n) is 11.4. The van der Waals surface area contributed by atoms with Gasteiger partial charge in [-0.15, -0.1) is 0 Å². The standard InChI is InChI=1S/C15H18BrNO3/c1-9-2-4-17(13(9)15(18)19)8-11-7-12(16)6-10-3-5-20-14(10)11/h6-7,9,13H,2-5,8H2,1H3,(H,18,19).